The molecule has 0 amide bonds. The summed E-state index contributed by atoms with van der Waals surface area (Å²) in [4.78, 5) is 0. The molecule has 234 valence electrons. The zero-order chi connectivity index (χ0) is 29.5. The van der Waals surface area contributed by atoms with Gasteiger partial charge in [0.2, 0.25) is 0 Å². The zero-order valence-electron chi connectivity index (χ0n) is 27.4. The molecule has 0 spiro atoms. The number of unbranched alkanes of at least 4 members (excludes halogenated alkanes) is 20. The third-order valence-electron chi connectivity index (χ3n) is 8.82. The highest BCUT2D eigenvalue weighted by atomic mass is 16.5. The Hall–Kier alpha value is -2.22. The average molecular weight is 575 g/mol. The van der Waals surface area contributed by atoms with Gasteiger partial charge < -0.3 is 9.47 Å². The summed E-state index contributed by atoms with van der Waals surface area (Å²) in [5.74, 6) is 2.05. The van der Waals surface area contributed by atoms with Gasteiger partial charge in [0.15, 0.2) is 0 Å². The highest BCUT2D eigenvalue weighted by molar-refractivity contribution is 6.11. The van der Waals surface area contributed by atoms with Gasteiger partial charge in [-0.1, -0.05) is 191 Å². The van der Waals surface area contributed by atoms with Crippen molar-refractivity contribution < 1.29 is 9.47 Å². The molecule has 0 aliphatic carbocycles. The first-order chi connectivity index (χ1) is 20.9. The van der Waals surface area contributed by atoms with Crippen molar-refractivity contribution in [3.8, 4) is 11.5 Å². The van der Waals surface area contributed by atoms with Gasteiger partial charge in [-0.3, -0.25) is 0 Å². The molecule has 0 unspecified atom stereocenters. The molecule has 0 saturated carbocycles. The Morgan fingerprint density at radius 2 is 0.571 bits per heavy atom. The van der Waals surface area contributed by atoms with Gasteiger partial charge >= 0.3 is 0 Å². The van der Waals surface area contributed by atoms with Gasteiger partial charge in [0.1, 0.15) is 11.5 Å². The van der Waals surface area contributed by atoms with Crippen molar-refractivity contribution in [2.45, 2.75) is 155 Å². The molecule has 2 nitrogen and oxygen atoms in total. The second kappa shape index (κ2) is 22.3. The standard InChI is InChI=1S/C40H62O2/c1-3-5-7-9-11-13-15-17-19-21-27-33-41-39-35-29-23-25-31-37(35)40(38-32-26-24-30-36(38)39)42-34-28-22-20-18-16-14-12-10-8-6-4-2/h23-26,29-32H,3-22,27-28,33-34H2,1-2H3. The average Bonchev–Trinajstić information content (AvgIpc) is 3.02. The maximum absolute atomic E-state index is 6.53. The lowest BCUT2D eigenvalue weighted by atomic mass is 10.0. The van der Waals surface area contributed by atoms with Crippen LogP contribution in [0, 0.1) is 0 Å². The van der Waals surface area contributed by atoms with E-state index in [1.165, 1.54) is 150 Å². The van der Waals surface area contributed by atoms with Crippen LogP contribution in [0.1, 0.15) is 155 Å². The second-order valence-corrected chi connectivity index (χ2v) is 12.5. The van der Waals surface area contributed by atoms with Crippen LogP contribution in [0.4, 0.5) is 0 Å². The largest absolute Gasteiger partial charge is 0.492 e. The second-order valence-electron chi connectivity index (χ2n) is 12.5. The van der Waals surface area contributed by atoms with Crippen LogP contribution < -0.4 is 9.47 Å². The Kier molecular flexibility index (Phi) is 18.2. The zero-order valence-corrected chi connectivity index (χ0v) is 27.4. The van der Waals surface area contributed by atoms with Gasteiger partial charge in [-0.05, 0) is 12.8 Å². The fraction of sp³-hybridized carbons (Fsp3) is 0.650. The topological polar surface area (TPSA) is 18.5 Å². The molecule has 0 bridgehead atoms. The van der Waals surface area contributed by atoms with E-state index in [4.69, 9.17) is 9.47 Å². The fourth-order valence-corrected chi connectivity index (χ4v) is 6.24. The van der Waals surface area contributed by atoms with Gasteiger partial charge in [0, 0.05) is 21.5 Å². The highest BCUT2D eigenvalue weighted by Gasteiger charge is 2.15. The minimum atomic E-state index is 0.782. The van der Waals surface area contributed by atoms with Crippen LogP contribution in [-0.2, 0) is 0 Å². The quantitative estimate of drug-likeness (QED) is 0.0701. The van der Waals surface area contributed by atoms with Crippen molar-refractivity contribution in [2.24, 2.45) is 0 Å². The minimum Gasteiger partial charge on any atom is -0.492 e. The molecule has 3 aromatic rings. The fourth-order valence-electron chi connectivity index (χ4n) is 6.24. The molecule has 0 aromatic heterocycles. The normalized spacial score (nSPS) is 11.5. The van der Waals surface area contributed by atoms with Gasteiger partial charge in [0.05, 0.1) is 13.2 Å². The first-order valence-electron chi connectivity index (χ1n) is 18.1. The SMILES string of the molecule is CCCCCCCCCCCCCOc1c2ccccc2c(OCCCCCCCCCCCCC)c2ccccc12. The highest BCUT2D eigenvalue weighted by Crippen LogP contribution is 2.42. The summed E-state index contributed by atoms with van der Waals surface area (Å²) < 4.78 is 13.1. The van der Waals surface area contributed by atoms with Crippen LogP contribution >= 0.6 is 0 Å². The van der Waals surface area contributed by atoms with Crippen molar-refractivity contribution in [3.05, 3.63) is 48.5 Å². The maximum atomic E-state index is 6.53. The molecule has 3 rings (SSSR count). The van der Waals surface area contributed by atoms with E-state index < -0.39 is 0 Å². The summed E-state index contributed by atoms with van der Waals surface area (Å²) in [5, 5.41) is 4.70. The number of hydrogen-bond acceptors (Lipinski definition) is 2. The van der Waals surface area contributed by atoms with Gasteiger partial charge in [0.25, 0.3) is 0 Å². The maximum Gasteiger partial charge on any atom is 0.135 e. The Morgan fingerprint density at radius 3 is 0.833 bits per heavy atom. The molecular formula is C40H62O2. The summed E-state index contributed by atoms with van der Waals surface area (Å²) in [7, 11) is 0. The lowest BCUT2D eigenvalue weighted by Gasteiger charge is -2.18. The van der Waals surface area contributed by atoms with Crippen molar-refractivity contribution in [1.29, 1.82) is 0 Å². The van der Waals surface area contributed by atoms with Crippen LogP contribution in [-0.4, -0.2) is 13.2 Å². The first kappa shape index (κ1) is 34.3. The van der Waals surface area contributed by atoms with Crippen molar-refractivity contribution in [3.63, 3.8) is 0 Å². The molecule has 3 aromatic carbocycles. The molecule has 0 aliphatic rings. The van der Waals surface area contributed by atoms with Crippen molar-refractivity contribution in [1.82, 2.24) is 0 Å². The van der Waals surface area contributed by atoms with Crippen LogP contribution in [0.25, 0.3) is 21.5 Å². The summed E-state index contributed by atoms with van der Waals surface area (Å²) in [5.41, 5.74) is 0. The van der Waals surface area contributed by atoms with Gasteiger partial charge in [-0.2, -0.15) is 0 Å². The van der Waals surface area contributed by atoms with E-state index in [1.54, 1.807) is 0 Å². The molecular weight excluding hydrogens is 512 g/mol. The summed E-state index contributed by atoms with van der Waals surface area (Å²) in [6, 6.07) is 17.3. The van der Waals surface area contributed by atoms with Crippen molar-refractivity contribution >= 4 is 21.5 Å². The molecule has 0 atom stereocenters. The Bertz CT molecular complexity index is 945. The van der Waals surface area contributed by atoms with Gasteiger partial charge in [-0.15, -0.1) is 0 Å². The van der Waals surface area contributed by atoms with Crippen molar-refractivity contribution in [2.75, 3.05) is 13.2 Å². The molecule has 0 N–H and O–H groups in total. The molecule has 0 aliphatic heterocycles. The predicted octanol–water partition coefficient (Wildman–Crippen LogP) is 13.4. The summed E-state index contributed by atoms with van der Waals surface area (Å²) in [6.07, 6.45) is 29.7. The van der Waals surface area contributed by atoms with E-state index in [2.05, 4.69) is 62.4 Å². The number of benzene rings is 3. The summed E-state index contributed by atoms with van der Waals surface area (Å²) >= 11 is 0. The molecule has 42 heavy (non-hydrogen) atoms. The summed E-state index contributed by atoms with van der Waals surface area (Å²) in [6.45, 7) is 6.15. The number of hydrogen-bond donors (Lipinski definition) is 0. The molecule has 0 radical (unpaired) electrons. The third kappa shape index (κ3) is 12.6. The number of rotatable bonds is 26. The third-order valence-corrected chi connectivity index (χ3v) is 8.82. The molecule has 0 saturated heterocycles. The lowest BCUT2D eigenvalue weighted by molar-refractivity contribution is 0.306. The molecule has 2 heteroatoms. The van der Waals surface area contributed by atoms with E-state index in [0.29, 0.717) is 0 Å². The van der Waals surface area contributed by atoms with Crippen LogP contribution in [0.3, 0.4) is 0 Å². The monoisotopic (exact) mass is 574 g/mol. The van der Waals surface area contributed by atoms with Crippen LogP contribution in [0.15, 0.2) is 48.5 Å². The van der Waals surface area contributed by atoms with E-state index in [1.807, 2.05) is 0 Å². The molecule has 0 fully saturated rings. The lowest BCUT2D eigenvalue weighted by Crippen LogP contribution is -2.02. The van der Waals surface area contributed by atoms with E-state index in [0.717, 1.165) is 37.6 Å². The Labute approximate surface area is 259 Å². The Balaban J connectivity index is 1.43. The first-order valence-corrected chi connectivity index (χ1v) is 18.1. The van der Waals surface area contributed by atoms with E-state index in [-0.39, 0.29) is 0 Å². The van der Waals surface area contributed by atoms with E-state index in [9.17, 15) is 0 Å². The smallest absolute Gasteiger partial charge is 0.135 e. The van der Waals surface area contributed by atoms with Crippen LogP contribution in [0.5, 0.6) is 11.5 Å². The Morgan fingerprint density at radius 1 is 0.333 bits per heavy atom. The number of ether oxygens (including phenoxy) is 2. The van der Waals surface area contributed by atoms with Crippen LogP contribution in [0.2, 0.25) is 0 Å². The van der Waals surface area contributed by atoms with E-state index >= 15 is 0 Å². The van der Waals surface area contributed by atoms with Gasteiger partial charge in [-0.25, -0.2) is 0 Å². The minimum absolute atomic E-state index is 0.782. The molecule has 0 heterocycles. The predicted molar refractivity (Wildman–Crippen MR) is 185 cm³/mol. The number of fused-ring (bicyclic) bond motifs is 2.